The smallest absolute Gasteiger partial charge is 0.269 e. The maximum atomic E-state index is 12.5. The van der Waals surface area contributed by atoms with Crippen molar-refractivity contribution < 1.29 is 57.4 Å². The Bertz CT molecular complexity index is 3040. The SMILES string of the molecule is CCO[C@H]1O[C@H](COCc2ccc(Cl)cc2)[C@@H](O[C@@H]2O[C@H](COCc3ccccc3)[C@H](O)[C@H](OCc3ccc(Cl)cc3)[C@H]2OCc2ccc(Cl)cc2)[C@H](OCc2ccc(Cl)cc2)[C@]1(OCc1ccc(Cl)cc1)c1ccc([N+](=O)[O-])cc1. The monoisotopic (exact) mass is 1200 g/mol. The number of nitro groups is 1. The molecule has 0 aliphatic carbocycles. The van der Waals surface area contributed by atoms with Crippen molar-refractivity contribution in [3.8, 4) is 0 Å². The van der Waals surface area contributed by atoms with Crippen molar-refractivity contribution in [3.05, 3.63) is 250 Å². The van der Waals surface area contributed by atoms with E-state index in [0.29, 0.717) is 30.7 Å². The van der Waals surface area contributed by atoms with Crippen molar-refractivity contribution in [1.29, 1.82) is 0 Å². The highest BCUT2D eigenvalue weighted by atomic mass is 35.5. The standard InChI is InChI=1S/C62H60Cl5NO13/c1-2-74-61-62(46-18-30-52(31-19-46)68(70)71,78-37-45-16-28-51(67)29-17-45)59(77-36-44-14-26-50(66)27-15-44)56(54(80-61)39-73-33-41-8-20-47(63)21-9-41)81-60-58(76-35-43-12-24-49(65)25-13-43)57(75-34-42-10-22-48(64)23-11-42)55(69)53(79-60)38-72-32-40-6-4-3-5-7-40/h3-31,53-61,69H,2,32-39H2,1H3/t53-,54-,55+,56-,57+,58-,59+,60+,61+,62-/m1/s1. The predicted molar refractivity (Wildman–Crippen MR) is 308 cm³/mol. The van der Waals surface area contributed by atoms with Gasteiger partial charge in [-0.2, -0.15) is 0 Å². The average molecular weight is 1200 g/mol. The molecule has 0 radical (unpaired) electrons. The number of aliphatic hydroxyl groups is 1. The lowest BCUT2D eigenvalue weighted by atomic mass is 9.79. The van der Waals surface area contributed by atoms with Gasteiger partial charge in [-0.25, -0.2) is 0 Å². The number of rotatable bonds is 26. The molecule has 0 spiro atoms. The summed E-state index contributed by atoms with van der Waals surface area (Å²) in [6, 6.07) is 51.5. The van der Waals surface area contributed by atoms with Gasteiger partial charge in [0, 0.05) is 43.9 Å². The van der Waals surface area contributed by atoms with Crippen molar-refractivity contribution in [2.75, 3.05) is 19.8 Å². The molecule has 2 aliphatic heterocycles. The van der Waals surface area contributed by atoms with Crippen molar-refractivity contribution in [1.82, 2.24) is 0 Å². The maximum Gasteiger partial charge on any atom is 0.269 e. The summed E-state index contributed by atoms with van der Waals surface area (Å²) in [5.41, 5.74) is 3.12. The predicted octanol–water partition coefficient (Wildman–Crippen LogP) is 13.7. The fraction of sp³-hybridized carbons (Fsp3) is 0.323. The molecule has 1 N–H and O–H groups in total. The molecule has 2 heterocycles. The molecule has 0 bridgehead atoms. The molecular formula is C62H60Cl5NO13. The third-order valence-corrected chi connectivity index (χ3v) is 15.1. The Morgan fingerprint density at radius 1 is 0.494 bits per heavy atom. The van der Waals surface area contributed by atoms with Gasteiger partial charge in [0.1, 0.15) is 42.7 Å². The number of non-ortho nitro benzene ring substituents is 1. The normalized spacial score (nSPS) is 23.8. The van der Waals surface area contributed by atoms with Crippen LogP contribution in [0.3, 0.4) is 0 Å². The summed E-state index contributed by atoms with van der Waals surface area (Å²) in [7, 11) is 0. The summed E-state index contributed by atoms with van der Waals surface area (Å²) in [6.45, 7) is 2.00. The fourth-order valence-electron chi connectivity index (χ4n) is 9.61. The molecule has 2 saturated heterocycles. The lowest BCUT2D eigenvalue weighted by molar-refractivity contribution is -0.401. The number of ether oxygens (including phenoxy) is 10. The van der Waals surface area contributed by atoms with Crippen LogP contribution in [0.25, 0.3) is 0 Å². The summed E-state index contributed by atoms with van der Waals surface area (Å²) >= 11 is 31.8. The molecular weight excluding hydrogens is 1140 g/mol. The highest BCUT2D eigenvalue weighted by Gasteiger charge is 2.62. The first-order valence-corrected chi connectivity index (χ1v) is 28.2. The minimum Gasteiger partial charge on any atom is -0.387 e. The van der Waals surface area contributed by atoms with E-state index in [1.165, 1.54) is 12.1 Å². The van der Waals surface area contributed by atoms with E-state index < -0.39 is 65.8 Å². The Kier molecular flexibility index (Phi) is 22.0. The Hall–Kier alpha value is -5.05. The number of halogens is 5. The minimum absolute atomic E-state index is 0.00238. The van der Waals surface area contributed by atoms with Crippen LogP contribution >= 0.6 is 58.0 Å². The van der Waals surface area contributed by atoms with Gasteiger partial charge in [0.15, 0.2) is 18.2 Å². The molecule has 9 rings (SSSR count). The van der Waals surface area contributed by atoms with Crippen LogP contribution in [0.4, 0.5) is 5.69 Å². The van der Waals surface area contributed by atoms with E-state index >= 15 is 0 Å². The van der Waals surface area contributed by atoms with Crippen molar-refractivity contribution >= 4 is 63.7 Å². The van der Waals surface area contributed by atoms with E-state index in [1.54, 1.807) is 72.8 Å². The topological polar surface area (TPSA) is 156 Å². The first-order valence-electron chi connectivity index (χ1n) is 26.3. The summed E-state index contributed by atoms with van der Waals surface area (Å²) in [5.74, 6) is 0. The third kappa shape index (κ3) is 16.2. The Labute approximate surface area is 495 Å². The average Bonchev–Trinajstić information content (AvgIpc) is 3.64. The lowest BCUT2D eigenvalue weighted by Crippen LogP contribution is -2.69. The summed E-state index contributed by atoms with van der Waals surface area (Å²) in [5, 5.41) is 27.5. The van der Waals surface area contributed by atoms with Crippen LogP contribution in [-0.4, -0.2) is 85.2 Å². The summed E-state index contributed by atoms with van der Waals surface area (Å²) < 4.78 is 69.4. The van der Waals surface area contributed by atoms with Crippen LogP contribution in [-0.2, 0) is 92.6 Å². The molecule has 19 heteroatoms. The second-order valence-electron chi connectivity index (χ2n) is 19.4. The molecule has 81 heavy (non-hydrogen) atoms. The van der Waals surface area contributed by atoms with Crippen LogP contribution in [0.15, 0.2) is 176 Å². The van der Waals surface area contributed by atoms with Gasteiger partial charge in [0.2, 0.25) is 0 Å². The first-order chi connectivity index (χ1) is 39.3. The van der Waals surface area contributed by atoms with Gasteiger partial charge in [0.05, 0.1) is 57.8 Å². The highest BCUT2D eigenvalue weighted by molar-refractivity contribution is 6.31. The Balaban J connectivity index is 1.19. The van der Waals surface area contributed by atoms with Gasteiger partial charge in [-0.05, 0) is 119 Å². The van der Waals surface area contributed by atoms with Crippen molar-refractivity contribution in [2.24, 2.45) is 0 Å². The van der Waals surface area contributed by atoms with E-state index in [0.717, 1.165) is 33.4 Å². The zero-order valence-electron chi connectivity index (χ0n) is 44.0. The Morgan fingerprint density at radius 2 is 0.926 bits per heavy atom. The molecule has 0 aromatic heterocycles. The van der Waals surface area contributed by atoms with Gasteiger partial charge in [-0.1, -0.05) is 149 Å². The lowest BCUT2D eigenvalue weighted by Gasteiger charge is -2.54. The van der Waals surface area contributed by atoms with Crippen LogP contribution in [0, 0.1) is 10.1 Å². The summed E-state index contributed by atoms with van der Waals surface area (Å²) in [4.78, 5) is 11.8. The fourth-order valence-corrected chi connectivity index (χ4v) is 10.2. The van der Waals surface area contributed by atoms with Crippen molar-refractivity contribution in [2.45, 2.75) is 107 Å². The van der Waals surface area contributed by atoms with E-state index in [9.17, 15) is 15.2 Å². The molecule has 0 saturated carbocycles. The highest BCUT2D eigenvalue weighted by Crippen LogP contribution is 2.47. The quantitative estimate of drug-likeness (QED) is 0.0404. The molecule has 7 aromatic rings. The molecule has 2 aliphatic rings. The zero-order valence-corrected chi connectivity index (χ0v) is 47.8. The molecule has 14 nitrogen and oxygen atoms in total. The molecule has 0 amide bonds. The third-order valence-electron chi connectivity index (χ3n) is 13.8. The molecule has 2 fully saturated rings. The van der Waals surface area contributed by atoms with Gasteiger partial charge < -0.3 is 52.5 Å². The second kappa shape index (κ2) is 29.5. The number of benzene rings is 7. The van der Waals surface area contributed by atoms with Gasteiger partial charge in [0.25, 0.3) is 5.69 Å². The molecule has 426 valence electrons. The van der Waals surface area contributed by atoms with Gasteiger partial charge >= 0.3 is 0 Å². The first kappa shape index (κ1) is 60.5. The zero-order chi connectivity index (χ0) is 56.7. The van der Waals surface area contributed by atoms with E-state index in [-0.39, 0.29) is 65.1 Å². The minimum atomic E-state index is -1.81. The second-order valence-corrected chi connectivity index (χ2v) is 21.6. The van der Waals surface area contributed by atoms with E-state index in [4.69, 9.17) is 105 Å². The number of aliphatic hydroxyl groups excluding tert-OH is 1. The summed E-state index contributed by atoms with van der Waals surface area (Å²) in [6.07, 6.45) is -11.0. The molecule has 7 aromatic carbocycles. The van der Waals surface area contributed by atoms with E-state index in [1.807, 2.05) is 97.9 Å². The molecule has 0 unspecified atom stereocenters. The number of nitrogens with zero attached hydrogens (tertiary/aromatic N) is 1. The van der Waals surface area contributed by atoms with Crippen LogP contribution in [0.2, 0.25) is 25.1 Å². The van der Waals surface area contributed by atoms with Crippen molar-refractivity contribution in [3.63, 3.8) is 0 Å². The van der Waals surface area contributed by atoms with Gasteiger partial charge in [-0.3, -0.25) is 10.1 Å². The number of hydrogen-bond donors (Lipinski definition) is 1. The van der Waals surface area contributed by atoms with E-state index in [2.05, 4.69) is 0 Å². The number of nitro benzene ring substituents is 1. The van der Waals surface area contributed by atoms with Crippen LogP contribution in [0.1, 0.15) is 45.9 Å². The van der Waals surface area contributed by atoms with Crippen LogP contribution in [0.5, 0.6) is 0 Å². The Morgan fingerprint density at radius 3 is 1.41 bits per heavy atom. The largest absolute Gasteiger partial charge is 0.387 e. The van der Waals surface area contributed by atoms with Gasteiger partial charge in [-0.15, -0.1) is 0 Å². The van der Waals surface area contributed by atoms with Crippen LogP contribution < -0.4 is 0 Å². The molecule has 10 atom stereocenters. The maximum absolute atomic E-state index is 12.5. The number of hydrogen-bond acceptors (Lipinski definition) is 13.